The first-order chi connectivity index (χ1) is 13.5. The molecular weight excluding hydrogens is 384 g/mol. The number of hydrogen-bond acceptors (Lipinski definition) is 6. The van der Waals surface area contributed by atoms with E-state index in [2.05, 4.69) is 5.32 Å². The molecule has 0 spiro atoms. The monoisotopic (exact) mass is 406 g/mol. The zero-order valence-corrected chi connectivity index (χ0v) is 16.1. The minimum atomic E-state index is -3.70. The van der Waals surface area contributed by atoms with Crippen LogP contribution in [0.25, 0.3) is 0 Å². The maximum Gasteiger partial charge on any atom is 0.287 e. The largest absolute Gasteiger partial charge is 0.486 e. The highest BCUT2D eigenvalue weighted by Gasteiger charge is 2.30. The van der Waals surface area contributed by atoms with Crippen LogP contribution >= 0.6 is 0 Å². The molecule has 28 heavy (non-hydrogen) atoms. The molecule has 1 amide bonds. The van der Waals surface area contributed by atoms with E-state index >= 15 is 0 Å². The molecule has 0 aliphatic carbocycles. The van der Waals surface area contributed by atoms with Gasteiger partial charge in [-0.05, 0) is 37.1 Å². The van der Waals surface area contributed by atoms with Crippen molar-refractivity contribution in [3.05, 3.63) is 42.2 Å². The lowest BCUT2D eigenvalue weighted by molar-refractivity contribution is 0.0770. The van der Waals surface area contributed by atoms with Crippen molar-refractivity contribution in [3.63, 3.8) is 0 Å². The Morgan fingerprint density at radius 3 is 2.61 bits per heavy atom. The summed E-state index contributed by atoms with van der Waals surface area (Å²) in [6.07, 6.45) is 2.35. The van der Waals surface area contributed by atoms with Gasteiger partial charge in [0.2, 0.25) is 5.09 Å². The Morgan fingerprint density at radius 1 is 1.07 bits per heavy atom. The van der Waals surface area contributed by atoms with Crippen LogP contribution in [0.2, 0.25) is 0 Å². The van der Waals surface area contributed by atoms with Gasteiger partial charge in [0, 0.05) is 13.1 Å². The van der Waals surface area contributed by atoms with Crippen LogP contribution in [0, 0.1) is 0 Å². The zero-order valence-electron chi connectivity index (χ0n) is 15.3. The van der Waals surface area contributed by atoms with E-state index in [1.54, 1.807) is 6.07 Å². The van der Waals surface area contributed by atoms with Gasteiger partial charge in [-0.15, -0.1) is 0 Å². The Kier molecular flexibility index (Phi) is 5.27. The molecule has 0 bridgehead atoms. The summed E-state index contributed by atoms with van der Waals surface area (Å²) >= 11 is 0. The average molecular weight is 406 g/mol. The highest BCUT2D eigenvalue weighted by Crippen LogP contribution is 2.30. The van der Waals surface area contributed by atoms with Gasteiger partial charge < -0.3 is 19.2 Å². The van der Waals surface area contributed by atoms with Crippen LogP contribution in [0.15, 0.2) is 45.9 Å². The molecular formula is C19H22N2O6S. The van der Waals surface area contributed by atoms with Crippen LogP contribution < -0.4 is 14.8 Å². The summed E-state index contributed by atoms with van der Waals surface area (Å²) in [5, 5.41) is 2.49. The van der Waals surface area contributed by atoms with E-state index in [0.29, 0.717) is 31.2 Å². The molecule has 9 heteroatoms. The van der Waals surface area contributed by atoms with E-state index in [4.69, 9.17) is 13.9 Å². The molecule has 1 aromatic carbocycles. The van der Waals surface area contributed by atoms with E-state index in [0.717, 1.165) is 19.3 Å². The normalized spacial score (nSPS) is 19.9. The zero-order chi connectivity index (χ0) is 19.6. The molecule has 150 valence electrons. The number of furan rings is 1. The van der Waals surface area contributed by atoms with Crippen molar-refractivity contribution in [2.45, 2.75) is 30.5 Å². The van der Waals surface area contributed by atoms with Crippen molar-refractivity contribution in [1.82, 2.24) is 9.62 Å². The third-order valence-corrected chi connectivity index (χ3v) is 6.55. The molecule has 0 unspecified atom stereocenters. The molecule has 1 N–H and O–H groups in total. The van der Waals surface area contributed by atoms with E-state index in [9.17, 15) is 13.2 Å². The second kappa shape index (κ2) is 7.84. The fourth-order valence-electron chi connectivity index (χ4n) is 3.27. The van der Waals surface area contributed by atoms with Crippen molar-refractivity contribution in [3.8, 4) is 11.5 Å². The number of fused-ring (bicyclic) bond motifs is 1. The van der Waals surface area contributed by atoms with Crippen molar-refractivity contribution >= 4 is 15.9 Å². The first-order valence-electron chi connectivity index (χ1n) is 9.31. The van der Waals surface area contributed by atoms with Crippen molar-refractivity contribution in [2.24, 2.45) is 0 Å². The molecule has 8 nitrogen and oxygen atoms in total. The molecule has 0 radical (unpaired) electrons. The molecule has 2 aliphatic rings. The number of nitrogens with zero attached hydrogens (tertiary/aromatic N) is 1. The first kappa shape index (κ1) is 18.8. The molecule has 4 rings (SSSR count). The molecule has 0 saturated carbocycles. The molecule has 1 saturated heterocycles. The molecule has 2 aromatic rings. The molecule has 1 fully saturated rings. The number of benzene rings is 1. The summed E-state index contributed by atoms with van der Waals surface area (Å²) in [4.78, 5) is 12.3. The third-order valence-electron chi connectivity index (χ3n) is 4.77. The van der Waals surface area contributed by atoms with Gasteiger partial charge in [0.15, 0.2) is 17.3 Å². The van der Waals surface area contributed by atoms with E-state index in [1.807, 2.05) is 18.2 Å². The Morgan fingerprint density at radius 2 is 1.82 bits per heavy atom. The Bertz CT molecular complexity index is 949. The second-order valence-corrected chi connectivity index (χ2v) is 8.66. The summed E-state index contributed by atoms with van der Waals surface area (Å²) in [5.74, 6) is 0.750. The lowest BCUT2D eigenvalue weighted by Gasteiger charge is -2.26. The van der Waals surface area contributed by atoms with E-state index < -0.39 is 15.9 Å². The Balaban J connectivity index is 1.36. The van der Waals surface area contributed by atoms with Crippen LogP contribution in [-0.4, -0.2) is 51.0 Å². The van der Waals surface area contributed by atoms with Gasteiger partial charge in [0.25, 0.3) is 15.9 Å². The Labute approximate surface area is 163 Å². The predicted molar refractivity (Wildman–Crippen MR) is 100 cm³/mol. The lowest BCUT2D eigenvalue weighted by atomic mass is 10.2. The number of rotatable bonds is 5. The van der Waals surface area contributed by atoms with Gasteiger partial charge in [-0.3, -0.25) is 4.79 Å². The van der Waals surface area contributed by atoms with Crippen LogP contribution in [0.5, 0.6) is 11.5 Å². The summed E-state index contributed by atoms with van der Waals surface area (Å²) in [6.45, 7) is 1.47. The van der Waals surface area contributed by atoms with Crippen molar-refractivity contribution in [1.29, 1.82) is 0 Å². The van der Waals surface area contributed by atoms with Gasteiger partial charge in [0.05, 0.1) is 6.54 Å². The second-order valence-electron chi connectivity index (χ2n) is 6.79. The van der Waals surface area contributed by atoms with Gasteiger partial charge in [-0.2, -0.15) is 4.31 Å². The summed E-state index contributed by atoms with van der Waals surface area (Å²) in [7, 11) is -3.70. The standard InChI is InChI=1S/C19H22N2O6S/c22-19(20-12-14-13-25-15-6-2-3-7-16(15)26-14)17-8-9-18(27-17)28(23,24)21-10-4-1-5-11-21/h2-3,6-9,14H,1,4-5,10-13H2,(H,20,22)/t14-/m1/s1. The summed E-state index contributed by atoms with van der Waals surface area (Å²) < 4.78 is 43.4. The number of hydrogen-bond donors (Lipinski definition) is 1. The lowest BCUT2D eigenvalue weighted by Crippen LogP contribution is -2.40. The van der Waals surface area contributed by atoms with E-state index in [1.165, 1.54) is 16.4 Å². The number of piperidine rings is 1. The van der Waals surface area contributed by atoms with Crippen LogP contribution in [-0.2, 0) is 10.0 Å². The maximum absolute atomic E-state index is 12.6. The number of nitrogens with one attached hydrogen (secondary N) is 1. The highest BCUT2D eigenvalue weighted by molar-refractivity contribution is 7.89. The van der Waals surface area contributed by atoms with Crippen LogP contribution in [0.1, 0.15) is 29.8 Å². The van der Waals surface area contributed by atoms with Crippen LogP contribution in [0.4, 0.5) is 0 Å². The number of para-hydroxylation sites is 2. The minimum absolute atomic E-state index is 0.0484. The smallest absolute Gasteiger partial charge is 0.287 e. The van der Waals surface area contributed by atoms with Gasteiger partial charge >= 0.3 is 0 Å². The predicted octanol–water partition coefficient (Wildman–Crippen LogP) is 2.02. The van der Waals surface area contributed by atoms with Crippen molar-refractivity contribution in [2.75, 3.05) is 26.2 Å². The molecule has 1 atom stereocenters. The van der Waals surface area contributed by atoms with Crippen LogP contribution in [0.3, 0.4) is 0 Å². The highest BCUT2D eigenvalue weighted by atomic mass is 32.2. The minimum Gasteiger partial charge on any atom is -0.486 e. The molecule has 2 aliphatic heterocycles. The molecule has 1 aromatic heterocycles. The number of amides is 1. The number of ether oxygens (including phenoxy) is 2. The van der Waals surface area contributed by atoms with E-state index in [-0.39, 0.29) is 23.5 Å². The topological polar surface area (TPSA) is 98.1 Å². The third kappa shape index (κ3) is 3.85. The Hall–Kier alpha value is -2.52. The summed E-state index contributed by atoms with van der Waals surface area (Å²) in [6, 6.07) is 10.0. The molecule has 3 heterocycles. The number of sulfonamides is 1. The summed E-state index contributed by atoms with van der Waals surface area (Å²) in [5.41, 5.74) is 0. The first-order valence-corrected chi connectivity index (χ1v) is 10.7. The quantitative estimate of drug-likeness (QED) is 0.816. The number of carbonyl (C=O) groups is 1. The van der Waals surface area contributed by atoms with Gasteiger partial charge in [0.1, 0.15) is 12.7 Å². The van der Waals surface area contributed by atoms with Gasteiger partial charge in [-0.25, -0.2) is 8.42 Å². The van der Waals surface area contributed by atoms with Gasteiger partial charge in [-0.1, -0.05) is 18.6 Å². The maximum atomic E-state index is 12.6. The number of carbonyl (C=O) groups excluding carboxylic acids is 1. The fraction of sp³-hybridized carbons (Fsp3) is 0.421. The average Bonchev–Trinajstić information content (AvgIpc) is 3.24. The SMILES string of the molecule is O=C(NC[C@@H]1COc2ccccc2O1)c1ccc(S(=O)(=O)N2CCCCC2)o1. The van der Waals surface area contributed by atoms with Crippen molar-refractivity contribution < 1.29 is 27.1 Å². The fourth-order valence-corrected chi connectivity index (χ4v) is 4.70.